The number of benzene rings is 3. The summed E-state index contributed by atoms with van der Waals surface area (Å²) in [4.78, 5) is 0. The molecule has 0 atom stereocenters. The lowest BCUT2D eigenvalue weighted by Gasteiger charge is -2.24. The number of rotatable bonds is 2. The van der Waals surface area contributed by atoms with Crippen LogP contribution in [0.3, 0.4) is 0 Å². The lowest BCUT2D eigenvalue weighted by atomic mass is 9.83. The van der Waals surface area contributed by atoms with Crippen LogP contribution in [0.1, 0.15) is 26.3 Å². The van der Waals surface area contributed by atoms with Crippen LogP contribution < -0.4 is 0 Å². The highest BCUT2D eigenvalue weighted by atomic mass is 79.9. The molecule has 1 heteroatoms. The zero-order valence-corrected chi connectivity index (χ0v) is 15.4. The molecular formula is C22H21Br. The molecule has 0 spiro atoms. The van der Waals surface area contributed by atoms with Crippen molar-refractivity contribution in [3.8, 4) is 22.3 Å². The largest absolute Gasteiger partial charge is 0.0622 e. The van der Waals surface area contributed by atoms with E-state index in [4.69, 9.17) is 0 Å². The van der Waals surface area contributed by atoms with Crippen LogP contribution in [0.2, 0.25) is 0 Å². The smallest absolute Gasteiger partial charge is 0.0297 e. The Bertz CT molecular complexity index is 797. The molecule has 0 aliphatic carbocycles. The van der Waals surface area contributed by atoms with Crippen LogP contribution in [0.15, 0.2) is 77.3 Å². The van der Waals surface area contributed by atoms with Crippen molar-refractivity contribution < 1.29 is 0 Å². The van der Waals surface area contributed by atoms with Gasteiger partial charge in [-0.05, 0) is 43.6 Å². The van der Waals surface area contributed by atoms with Crippen molar-refractivity contribution in [2.75, 3.05) is 0 Å². The zero-order valence-electron chi connectivity index (χ0n) is 13.8. The number of hydrogen-bond acceptors (Lipinski definition) is 0. The average Bonchev–Trinajstić information content (AvgIpc) is 2.55. The summed E-state index contributed by atoms with van der Waals surface area (Å²) >= 11 is 3.90. The van der Waals surface area contributed by atoms with Gasteiger partial charge in [0, 0.05) is 10.0 Å². The van der Waals surface area contributed by atoms with E-state index >= 15 is 0 Å². The van der Waals surface area contributed by atoms with Crippen LogP contribution in [-0.2, 0) is 5.41 Å². The van der Waals surface area contributed by atoms with Crippen LogP contribution in [-0.4, -0.2) is 0 Å². The SMILES string of the molecule is CC(C)(C)c1ccc(-c2ccccc2)c(-c2ccccc2)c1Br. The topological polar surface area (TPSA) is 0 Å². The van der Waals surface area contributed by atoms with Crippen LogP contribution in [0.4, 0.5) is 0 Å². The molecule has 3 aromatic carbocycles. The molecule has 0 fully saturated rings. The van der Waals surface area contributed by atoms with Gasteiger partial charge in [-0.15, -0.1) is 0 Å². The van der Waals surface area contributed by atoms with Crippen molar-refractivity contribution in [1.82, 2.24) is 0 Å². The van der Waals surface area contributed by atoms with E-state index in [2.05, 4.69) is 109 Å². The van der Waals surface area contributed by atoms with Crippen molar-refractivity contribution >= 4 is 15.9 Å². The molecule has 0 bridgehead atoms. The Kier molecular flexibility index (Phi) is 4.41. The molecule has 0 nitrogen and oxygen atoms in total. The average molecular weight is 365 g/mol. The van der Waals surface area contributed by atoms with Gasteiger partial charge in [0.2, 0.25) is 0 Å². The van der Waals surface area contributed by atoms with E-state index in [0.717, 1.165) is 0 Å². The first kappa shape index (κ1) is 16.0. The predicted octanol–water partition coefficient (Wildman–Crippen LogP) is 7.08. The van der Waals surface area contributed by atoms with Gasteiger partial charge in [-0.1, -0.05) is 93.6 Å². The lowest BCUT2D eigenvalue weighted by Crippen LogP contribution is -2.12. The second-order valence-corrected chi connectivity index (χ2v) is 7.62. The molecule has 3 rings (SSSR count). The molecule has 0 amide bonds. The maximum absolute atomic E-state index is 3.90. The Morgan fingerprint density at radius 3 is 1.70 bits per heavy atom. The second-order valence-electron chi connectivity index (χ2n) is 6.83. The van der Waals surface area contributed by atoms with Crippen molar-refractivity contribution in [3.63, 3.8) is 0 Å². The predicted molar refractivity (Wildman–Crippen MR) is 104 cm³/mol. The highest BCUT2D eigenvalue weighted by molar-refractivity contribution is 9.10. The van der Waals surface area contributed by atoms with E-state index in [9.17, 15) is 0 Å². The Hall–Kier alpha value is -1.86. The summed E-state index contributed by atoms with van der Waals surface area (Å²) in [5.41, 5.74) is 6.44. The first-order chi connectivity index (χ1) is 11.0. The summed E-state index contributed by atoms with van der Waals surface area (Å²) in [6, 6.07) is 25.7. The van der Waals surface area contributed by atoms with Crippen molar-refractivity contribution in [1.29, 1.82) is 0 Å². The van der Waals surface area contributed by atoms with Gasteiger partial charge in [0.25, 0.3) is 0 Å². The molecule has 0 aliphatic rings. The normalized spacial score (nSPS) is 11.5. The minimum absolute atomic E-state index is 0.0948. The Labute approximate surface area is 147 Å². The molecule has 3 aromatic rings. The number of halogens is 1. The monoisotopic (exact) mass is 364 g/mol. The summed E-state index contributed by atoms with van der Waals surface area (Å²) in [5.74, 6) is 0. The summed E-state index contributed by atoms with van der Waals surface area (Å²) < 4.78 is 1.19. The molecule has 0 N–H and O–H groups in total. The molecule has 0 saturated heterocycles. The standard InChI is InChI=1S/C22H21Br/c1-22(2,3)19-15-14-18(16-10-6-4-7-11-16)20(21(19)23)17-12-8-5-9-13-17/h4-15H,1-3H3. The maximum atomic E-state index is 3.90. The Morgan fingerprint density at radius 1 is 0.652 bits per heavy atom. The minimum atomic E-state index is 0.0948. The molecule has 23 heavy (non-hydrogen) atoms. The van der Waals surface area contributed by atoms with Crippen LogP contribution in [0.25, 0.3) is 22.3 Å². The van der Waals surface area contributed by atoms with Crippen molar-refractivity contribution in [2.45, 2.75) is 26.2 Å². The molecule has 0 aliphatic heterocycles. The second kappa shape index (κ2) is 6.33. The van der Waals surface area contributed by atoms with Gasteiger partial charge >= 0.3 is 0 Å². The van der Waals surface area contributed by atoms with E-state index in [0.29, 0.717) is 0 Å². The third-order valence-electron chi connectivity index (χ3n) is 4.10. The molecule has 0 unspecified atom stereocenters. The third kappa shape index (κ3) is 3.25. The quantitative estimate of drug-likeness (QED) is 0.455. The highest BCUT2D eigenvalue weighted by Gasteiger charge is 2.22. The Balaban J connectivity index is 2.32. The summed E-state index contributed by atoms with van der Waals surface area (Å²) in [6.45, 7) is 6.76. The molecule has 0 aromatic heterocycles. The van der Waals surface area contributed by atoms with Gasteiger partial charge in [0.1, 0.15) is 0 Å². The molecule has 0 saturated carbocycles. The van der Waals surface area contributed by atoms with Gasteiger partial charge in [0.05, 0.1) is 0 Å². The van der Waals surface area contributed by atoms with Gasteiger partial charge in [0.15, 0.2) is 0 Å². The van der Waals surface area contributed by atoms with Gasteiger partial charge < -0.3 is 0 Å². The summed E-state index contributed by atoms with van der Waals surface area (Å²) in [7, 11) is 0. The summed E-state index contributed by atoms with van der Waals surface area (Å²) in [5, 5.41) is 0. The molecule has 116 valence electrons. The molecule has 0 radical (unpaired) electrons. The fourth-order valence-electron chi connectivity index (χ4n) is 2.90. The molecule has 0 heterocycles. The van der Waals surface area contributed by atoms with E-state index in [1.807, 2.05) is 0 Å². The van der Waals surface area contributed by atoms with Crippen molar-refractivity contribution in [2.24, 2.45) is 0 Å². The van der Waals surface area contributed by atoms with Crippen molar-refractivity contribution in [3.05, 3.63) is 82.8 Å². The van der Waals surface area contributed by atoms with E-state index in [1.165, 1.54) is 32.3 Å². The zero-order chi connectivity index (χ0) is 16.4. The van der Waals surface area contributed by atoms with Crippen LogP contribution in [0, 0.1) is 0 Å². The lowest BCUT2D eigenvalue weighted by molar-refractivity contribution is 0.587. The summed E-state index contributed by atoms with van der Waals surface area (Å²) in [6.07, 6.45) is 0. The fourth-order valence-corrected chi connectivity index (χ4v) is 4.07. The van der Waals surface area contributed by atoms with E-state index < -0.39 is 0 Å². The Morgan fingerprint density at radius 2 is 1.17 bits per heavy atom. The van der Waals surface area contributed by atoms with Gasteiger partial charge in [-0.25, -0.2) is 0 Å². The molecular weight excluding hydrogens is 344 g/mol. The first-order valence-electron chi connectivity index (χ1n) is 7.92. The first-order valence-corrected chi connectivity index (χ1v) is 8.71. The number of hydrogen-bond donors (Lipinski definition) is 0. The van der Waals surface area contributed by atoms with E-state index in [-0.39, 0.29) is 5.41 Å². The maximum Gasteiger partial charge on any atom is 0.0297 e. The van der Waals surface area contributed by atoms with Gasteiger partial charge in [-0.2, -0.15) is 0 Å². The minimum Gasteiger partial charge on any atom is -0.0622 e. The van der Waals surface area contributed by atoms with Crippen LogP contribution >= 0.6 is 15.9 Å². The van der Waals surface area contributed by atoms with E-state index in [1.54, 1.807) is 0 Å². The van der Waals surface area contributed by atoms with Gasteiger partial charge in [-0.3, -0.25) is 0 Å². The van der Waals surface area contributed by atoms with Crippen LogP contribution in [0.5, 0.6) is 0 Å². The highest BCUT2D eigenvalue weighted by Crippen LogP contribution is 2.42. The fraction of sp³-hybridized carbons (Fsp3) is 0.182. The third-order valence-corrected chi connectivity index (χ3v) is 4.92.